The lowest BCUT2D eigenvalue weighted by atomic mass is 10.0. The maximum atomic E-state index is 13.5. The maximum absolute atomic E-state index is 13.5. The fourth-order valence-electron chi connectivity index (χ4n) is 6.13. The number of piperidine rings is 1. The molecular weight excluding hydrogens is 478 g/mol. The Balaban J connectivity index is 1.37. The minimum absolute atomic E-state index is 0.0185. The van der Waals surface area contributed by atoms with Crippen molar-refractivity contribution in [1.29, 1.82) is 0 Å². The van der Waals surface area contributed by atoms with Crippen LogP contribution in [0, 0.1) is 0 Å². The number of benzene rings is 1. The number of ether oxygens (including phenoxy) is 1. The van der Waals surface area contributed by atoms with Gasteiger partial charge in [-0.1, -0.05) is 6.07 Å². The van der Waals surface area contributed by atoms with E-state index in [0.29, 0.717) is 24.8 Å². The van der Waals surface area contributed by atoms with E-state index in [1.54, 1.807) is 18.1 Å². The highest BCUT2D eigenvalue weighted by molar-refractivity contribution is 6.02. The molecule has 0 spiro atoms. The van der Waals surface area contributed by atoms with E-state index in [1.165, 1.54) is 0 Å². The minimum atomic E-state index is -0.0185. The van der Waals surface area contributed by atoms with Crippen LogP contribution in [-0.2, 0) is 11.8 Å². The van der Waals surface area contributed by atoms with Gasteiger partial charge in [-0.3, -0.25) is 4.79 Å². The summed E-state index contributed by atoms with van der Waals surface area (Å²) < 4.78 is 9.46. The quantitative estimate of drug-likeness (QED) is 0.413. The second kappa shape index (κ2) is 9.71. The Labute approximate surface area is 223 Å². The first kappa shape index (κ1) is 24.9. The summed E-state index contributed by atoms with van der Waals surface area (Å²) in [5, 5.41) is 0.958. The van der Waals surface area contributed by atoms with Gasteiger partial charge in [0.25, 0.3) is 5.56 Å². The molecule has 2 fully saturated rings. The first-order valence-corrected chi connectivity index (χ1v) is 13.6. The predicted octanol–water partition coefficient (Wildman–Crippen LogP) is 3.39. The molecule has 4 aromatic rings. The Morgan fingerprint density at radius 1 is 0.947 bits per heavy atom. The van der Waals surface area contributed by atoms with Crippen molar-refractivity contribution in [3.63, 3.8) is 0 Å². The Bertz CT molecular complexity index is 1510. The molecule has 200 valence electrons. The number of hydrogen-bond acceptors (Lipinski definition) is 7. The number of pyridine rings is 1. The van der Waals surface area contributed by atoms with Crippen LogP contribution in [0.25, 0.3) is 27.5 Å². The fraction of sp³-hybridized carbons (Fsp3) is 0.483. The van der Waals surface area contributed by atoms with Gasteiger partial charge in [0, 0.05) is 56.4 Å². The lowest BCUT2D eigenvalue weighted by Crippen LogP contribution is -2.47. The smallest absolute Gasteiger partial charge is 0.291 e. The van der Waals surface area contributed by atoms with Crippen molar-refractivity contribution in [2.75, 3.05) is 50.1 Å². The number of aromatic nitrogens is 4. The van der Waals surface area contributed by atoms with Gasteiger partial charge in [0.05, 0.1) is 17.7 Å². The summed E-state index contributed by atoms with van der Waals surface area (Å²) in [4.78, 5) is 29.8. The third-order valence-corrected chi connectivity index (χ3v) is 8.17. The number of hydrogen-bond donors (Lipinski definition) is 0. The van der Waals surface area contributed by atoms with E-state index in [-0.39, 0.29) is 17.8 Å². The first-order valence-electron chi connectivity index (χ1n) is 13.6. The summed E-state index contributed by atoms with van der Waals surface area (Å²) in [6, 6.07) is 11.2. The zero-order valence-electron chi connectivity index (χ0n) is 23.0. The van der Waals surface area contributed by atoms with E-state index in [1.807, 2.05) is 16.8 Å². The van der Waals surface area contributed by atoms with Crippen LogP contribution in [0.5, 0.6) is 0 Å². The average Bonchev–Trinajstić information content (AvgIpc) is 3.18. The molecule has 38 heavy (non-hydrogen) atoms. The Kier molecular flexibility index (Phi) is 6.36. The number of aryl methyl sites for hydroxylation is 1. The number of fused-ring (bicyclic) bond motifs is 3. The Hall–Kier alpha value is -3.43. The molecule has 0 bridgehead atoms. The van der Waals surface area contributed by atoms with Crippen LogP contribution >= 0.6 is 0 Å². The van der Waals surface area contributed by atoms with E-state index in [4.69, 9.17) is 9.72 Å². The summed E-state index contributed by atoms with van der Waals surface area (Å²) in [6.07, 6.45) is 6.13. The van der Waals surface area contributed by atoms with Crippen LogP contribution in [0.2, 0.25) is 0 Å². The third kappa shape index (κ3) is 4.33. The van der Waals surface area contributed by atoms with Gasteiger partial charge in [-0.2, -0.15) is 0 Å². The van der Waals surface area contributed by atoms with E-state index in [9.17, 15) is 4.79 Å². The van der Waals surface area contributed by atoms with Gasteiger partial charge in [-0.25, -0.2) is 19.2 Å². The van der Waals surface area contributed by atoms with Gasteiger partial charge in [0.1, 0.15) is 23.3 Å². The summed E-state index contributed by atoms with van der Waals surface area (Å²) in [6.45, 7) is 7.53. The van der Waals surface area contributed by atoms with E-state index >= 15 is 0 Å². The molecule has 3 aromatic heterocycles. The SMILES string of the molecule is C[C@@H]1CN(c2c(=O)n(C)n3cnc4ccc(-c5ccc(N6CCC(N(C)C)CC6)nc5)cc4c23)C[C@H](C)O1. The fourth-order valence-corrected chi connectivity index (χ4v) is 6.13. The van der Waals surface area contributed by atoms with Crippen LogP contribution in [0.15, 0.2) is 47.7 Å². The molecule has 2 saturated heterocycles. The lowest BCUT2D eigenvalue weighted by Gasteiger charge is -2.35. The summed E-state index contributed by atoms with van der Waals surface area (Å²) in [5.74, 6) is 1.03. The Morgan fingerprint density at radius 3 is 2.32 bits per heavy atom. The molecule has 9 heteroatoms. The van der Waals surface area contributed by atoms with Gasteiger partial charge in [-0.15, -0.1) is 0 Å². The van der Waals surface area contributed by atoms with Crippen molar-refractivity contribution in [1.82, 2.24) is 24.1 Å². The van der Waals surface area contributed by atoms with E-state index in [2.05, 4.69) is 71.9 Å². The highest BCUT2D eigenvalue weighted by Gasteiger charge is 2.28. The predicted molar refractivity (Wildman–Crippen MR) is 152 cm³/mol. The molecule has 6 rings (SSSR count). The largest absolute Gasteiger partial charge is 0.372 e. The zero-order chi connectivity index (χ0) is 26.6. The van der Waals surface area contributed by atoms with Crippen LogP contribution in [-0.4, -0.2) is 82.6 Å². The molecule has 0 N–H and O–H groups in total. The third-order valence-electron chi connectivity index (χ3n) is 8.17. The van der Waals surface area contributed by atoms with Crippen LogP contribution in [0.1, 0.15) is 26.7 Å². The molecule has 0 amide bonds. The molecular formula is C29H37N7O2. The molecule has 5 heterocycles. The van der Waals surface area contributed by atoms with Gasteiger partial charge in [0.2, 0.25) is 0 Å². The van der Waals surface area contributed by atoms with Gasteiger partial charge in [0.15, 0.2) is 0 Å². The minimum Gasteiger partial charge on any atom is -0.372 e. The van der Waals surface area contributed by atoms with E-state index in [0.717, 1.165) is 59.3 Å². The molecule has 1 aromatic carbocycles. The molecule has 0 aliphatic carbocycles. The number of anilines is 2. The van der Waals surface area contributed by atoms with Crippen molar-refractivity contribution in [3.8, 4) is 11.1 Å². The number of rotatable bonds is 4. The van der Waals surface area contributed by atoms with Crippen LogP contribution in [0.3, 0.4) is 0 Å². The molecule has 0 saturated carbocycles. The summed E-state index contributed by atoms with van der Waals surface area (Å²) >= 11 is 0. The highest BCUT2D eigenvalue weighted by atomic mass is 16.5. The first-order chi connectivity index (χ1) is 18.3. The molecule has 2 atom stereocenters. The van der Waals surface area contributed by atoms with Gasteiger partial charge in [-0.05, 0) is 70.6 Å². The molecule has 2 aliphatic heterocycles. The van der Waals surface area contributed by atoms with Crippen molar-refractivity contribution < 1.29 is 4.74 Å². The zero-order valence-corrected chi connectivity index (χ0v) is 23.0. The standard InChI is InChI=1S/C29H37N7O2/c1-19-16-35(17-20(2)38-19)28-27-24-14-21(6-8-25(24)31-18-36(27)33(5)29(28)37)22-7-9-26(30-15-22)34-12-10-23(11-13-34)32(3)4/h6-9,14-15,18-20,23H,10-13,16-17H2,1-5H3/t19-,20+. The van der Waals surface area contributed by atoms with Gasteiger partial charge < -0.3 is 19.4 Å². The Morgan fingerprint density at radius 2 is 1.66 bits per heavy atom. The second-order valence-electron chi connectivity index (χ2n) is 11.1. The van der Waals surface area contributed by atoms with E-state index < -0.39 is 0 Å². The van der Waals surface area contributed by atoms with Gasteiger partial charge >= 0.3 is 0 Å². The summed E-state index contributed by atoms with van der Waals surface area (Å²) in [5.41, 5.74) is 4.56. The number of nitrogens with zero attached hydrogens (tertiary/aromatic N) is 7. The highest BCUT2D eigenvalue weighted by Crippen LogP contribution is 2.32. The van der Waals surface area contributed by atoms with Crippen molar-refractivity contribution >= 4 is 27.9 Å². The van der Waals surface area contributed by atoms with Crippen molar-refractivity contribution in [2.24, 2.45) is 7.05 Å². The average molecular weight is 516 g/mol. The van der Waals surface area contributed by atoms with Crippen molar-refractivity contribution in [3.05, 3.63) is 53.2 Å². The van der Waals surface area contributed by atoms with Crippen LogP contribution < -0.4 is 15.4 Å². The molecule has 0 unspecified atom stereocenters. The monoisotopic (exact) mass is 515 g/mol. The second-order valence-corrected chi connectivity index (χ2v) is 11.1. The summed E-state index contributed by atoms with van der Waals surface area (Å²) in [7, 11) is 6.13. The lowest BCUT2D eigenvalue weighted by molar-refractivity contribution is -0.00519. The molecule has 2 aliphatic rings. The molecule has 9 nitrogen and oxygen atoms in total. The molecule has 0 radical (unpaired) electrons. The maximum Gasteiger partial charge on any atom is 0.291 e. The normalized spacial score (nSPS) is 21.2. The van der Waals surface area contributed by atoms with Crippen molar-refractivity contribution in [2.45, 2.75) is 44.9 Å². The topological polar surface area (TPSA) is 71.1 Å². The number of morpholine rings is 1. The van der Waals surface area contributed by atoms with Crippen LogP contribution in [0.4, 0.5) is 11.5 Å².